The third-order valence-corrected chi connectivity index (χ3v) is 5.26. The van der Waals surface area contributed by atoms with Crippen LogP contribution in [0.5, 0.6) is 11.5 Å². The number of aromatic hydroxyl groups is 1. The highest BCUT2D eigenvalue weighted by Gasteiger charge is 2.23. The molecule has 10 heteroatoms. The van der Waals surface area contributed by atoms with E-state index < -0.39 is 17.3 Å². The number of nitrogens with two attached hydrogens (primary N) is 2. The predicted molar refractivity (Wildman–Crippen MR) is 116 cm³/mol. The Labute approximate surface area is 176 Å². The molecule has 2 heterocycles. The van der Waals surface area contributed by atoms with E-state index in [-0.39, 0.29) is 24.4 Å². The molecule has 0 aliphatic carbocycles. The highest BCUT2D eigenvalue weighted by molar-refractivity contribution is 7.17. The van der Waals surface area contributed by atoms with Gasteiger partial charge in [0.05, 0.1) is 36.2 Å². The number of hydrazine groups is 1. The van der Waals surface area contributed by atoms with E-state index >= 15 is 0 Å². The predicted octanol–water partition coefficient (Wildman–Crippen LogP) is 2.13. The Hall–Kier alpha value is -3.50. The maximum atomic E-state index is 12.7. The third-order valence-electron chi connectivity index (χ3n) is 4.34. The summed E-state index contributed by atoms with van der Waals surface area (Å²) >= 11 is 1.22. The Balaban J connectivity index is 1.95. The lowest BCUT2D eigenvalue weighted by molar-refractivity contribution is 0.0525. The number of rotatable bonds is 7. The van der Waals surface area contributed by atoms with Crippen LogP contribution in [0.3, 0.4) is 0 Å². The third kappa shape index (κ3) is 4.09. The number of allylic oxidation sites excluding steroid dienone is 1. The lowest BCUT2D eigenvalue weighted by Crippen LogP contribution is -2.29. The first-order valence-electron chi connectivity index (χ1n) is 9.01. The SMILES string of the molecule is CCOC(=O)c1c(O)c(=O)n(C/C(N)=C/N(N)c2ccc(OC)cc2)c2ccsc12. The van der Waals surface area contributed by atoms with Crippen LogP contribution in [0.2, 0.25) is 0 Å². The average Bonchev–Trinajstić information content (AvgIpc) is 3.20. The van der Waals surface area contributed by atoms with Crippen molar-refractivity contribution in [1.29, 1.82) is 0 Å². The lowest BCUT2D eigenvalue weighted by atomic mass is 10.2. The van der Waals surface area contributed by atoms with Crippen molar-refractivity contribution in [2.24, 2.45) is 11.6 Å². The number of hydrogen-bond donors (Lipinski definition) is 3. The molecular weight excluding hydrogens is 408 g/mol. The zero-order valence-corrected chi connectivity index (χ0v) is 17.3. The molecule has 0 bridgehead atoms. The van der Waals surface area contributed by atoms with E-state index in [4.69, 9.17) is 21.1 Å². The topological polar surface area (TPSA) is 133 Å². The zero-order valence-electron chi connectivity index (χ0n) is 16.5. The summed E-state index contributed by atoms with van der Waals surface area (Å²) in [6, 6.07) is 8.70. The number of anilines is 1. The molecule has 2 aromatic heterocycles. The molecule has 3 aromatic rings. The van der Waals surface area contributed by atoms with Gasteiger partial charge in [-0.05, 0) is 42.6 Å². The smallest absolute Gasteiger partial charge is 0.343 e. The molecule has 0 fully saturated rings. The Kier molecular flexibility index (Phi) is 6.28. The number of methoxy groups -OCH3 is 1. The van der Waals surface area contributed by atoms with Gasteiger partial charge in [0.2, 0.25) is 0 Å². The fraction of sp³-hybridized carbons (Fsp3) is 0.200. The van der Waals surface area contributed by atoms with E-state index in [1.54, 1.807) is 49.7 Å². The van der Waals surface area contributed by atoms with E-state index in [1.165, 1.54) is 27.1 Å². The molecule has 0 atom stereocenters. The Morgan fingerprint density at radius 1 is 1.30 bits per heavy atom. The van der Waals surface area contributed by atoms with Crippen molar-refractivity contribution in [3.63, 3.8) is 0 Å². The van der Waals surface area contributed by atoms with Gasteiger partial charge >= 0.3 is 5.97 Å². The Morgan fingerprint density at radius 3 is 2.63 bits per heavy atom. The fourth-order valence-corrected chi connectivity index (χ4v) is 3.86. The van der Waals surface area contributed by atoms with Crippen molar-refractivity contribution in [1.82, 2.24) is 4.57 Å². The number of fused-ring (bicyclic) bond motifs is 1. The maximum absolute atomic E-state index is 12.7. The summed E-state index contributed by atoms with van der Waals surface area (Å²) in [7, 11) is 1.57. The number of carbonyl (C=O) groups is 1. The van der Waals surface area contributed by atoms with Crippen LogP contribution in [0.4, 0.5) is 5.69 Å². The van der Waals surface area contributed by atoms with Gasteiger partial charge in [-0.2, -0.15) is 0 Å². The largest absolute Gasteiger partial charge is 0.502 e. The van der Waals surface area contributed by atoms with E-state index in [0.29, 0.717) is 21.7 Å². The molecule has 3 rings (SSSR count). The number of aromatic nitrogens is 1. The van der Waals surface area contributed by atoms with Gasteiger partial charge in [-0.15, -0.1) is 11.3 Å². The highest BCUT2D eigenvalue weighted by Crippen LogP contribution is 2.29. The summed E-state index contributed by atoms with van der Waals surface area (Å²) < 4.78 is 11.8. The molecule has 158 valence electrons. The summed E-state index contributed by atoms with van der Waals surface area (Å²) in [6.45, 7) is 1.74. The molecule has 0 spiro atoms. The first kappa shape index (κ1) is 21.2. The molecule has 0 unspecified atom stereocenters. The number of pyridine rings is 1. The van der Waals surface area contributed by atoms with Gasteiger partial charge in [-0.3, -0.25) is 14.4 Å². The standard InChI is InChI=1S/C20H22N4O5S/c1-3-29-20(27)16-17(25)19(26)23(15-8-9-30-18(15)16)10-12(21)11-24(22)13-4-6-14(28-2)7-5-13/h4-9,11,25H,3,10,21-22H2,1-2H3/b12-11-. The van der Waals surface area contributed by atoms with E-state index in [1.807, 2.05) is 0 Å². The van der Waals surface area contributed by atoms with E-state index in [2.05, 4.69) is 0 Å². The second-order valence-electron chi connectivity index (χ2n) is 6.28. The molecule has 5 N–H and O–H groups in total. The van der Waals surface area contributed by atoms with Gasteiger partial charge in [0, 0.05) is 11.9 Å². The Morgan fingerprint density at radius 2 is 2.00 bits per heavy atom. The molecular formula is C20H22N4O5S. The van der Waals surface area contributed by atoms with E-state index in [0.717, 1.165) is 0 Å². The summed E-state index contributed by atoms with van der Waals surface area (Å²) in [5, 5.41) is 13.4. The van der Waals surface area contributed by atoms with Crippen molar-refractivity contribution >= 4 is 33.2 Å². The molecule has 1 aromatic carbocycles. The van der Waals surface area contributed by atoms with Crippen LogP contribution in [0.1, 0.15) is 17.3 Å². The van der Waals surface area contributed by atoms with Gasteiger partial charge in [0.25, 0.3) is 5.56 Å². The molecule has 0 aliphatic rings. The quantitative estimate of drug-likeness (QED) is 0.295. The number of hydrogen-bond acceptors (Lipinski definition) is 9. The van der Waals surface area contributed by atoms with Crippen molar-refractivity contribution < 1.29 is 19.4 Å². The number of thiophene rings is 1. The van der Waals surface area contributed by atoms with Gasteiger partial charge in [0.15, 0.2) is 5.75 Å². The minimum absolute atomic E-state index is 0.0351. The molecule has 9 nitrogen and oxygen atoms in total. The molecule has 0 radical (unpaired) electrons. The molecule has 0 aliphatic heterocycles. The van der Waals surface area contributed by atoms with Crippen LogP contribution in [0.15, 0.2) is 52.4 Å². The van der Waals surface area contributed by atoms with Crippen LogP contribution in [-0.2, 0) is 11.3 Å². The second kappa shape index (κ2) is 8.89. The first-order valence-corrected chi connectivity index (χ1v) is 9.89. The summed E-state index contributed by atoms with van der Waals surface area (Å²) in [6.07, 6.45) is 1.47. The summed E-state index contributed by atoms with van der Waals surface area (Å²) in [4.78, 5) is 25.0. The number of esters is 1. The van der Waals surface area contributed by atoms with Gasteiger partial charge in [-0.1, -0.05) is 0 Å². The van der Waals surface area contributed by atoms with Crippen molar-refractivity contribution in [3.8, 4) is 11.5 Å². The maximum Gasteiger partial charge on any atom is 0.343 e. The normalized spacial score (nSPS) is 11.5. The second-order valence-corrected chi connectivity index (χ2v) is 7.20. The van der Waals surface area contributed by atoms with Gasteiger partial charge in [0.1, 0.15) is 11.3 Å². The zero-order chi connectivity index (χ0) is 21.8. The number of nitrogens with zero attached hydrogens (tertiary/aromatic N) is 2. The lowest BCUT2D eigenvalue weighted by Gasteiger charge is -2.17. The number of ether oxygens (including phenoxy) is 2. The highest BCUT2D eigenvalue weighted by atomic mass is 32.1. The van der Waals surface area contributed by atoms with Crippen molar-refractivity contribution in [3.05, 3.63) is 63.5 Å². The minimum atomic E-state index is -0.747. The van der Waals surface area contributed by atoms with Gasteiger partial charge in [-0.25, -0.2) is 10.6 Å². The van der Waals surface area contributed by atoms with Crippen LogP contribution < -0.4 is 26.9 Å². The van der Waals surface area contributed by atoms with Crippen LogP contribution >= 0.6 is 11.3 Å². The average molecular weight is 430 g/mol. The van der Waals surface area contributed by atoms with Gasteiger partial charge < -0.3 is 20.3 Å². The first-order chi connectivity index (χ1) is 14.4. The number of carbonyl (C=O) groups excluding carboxylic acids is 1. The van der Waals surface area contributed by atoms with Crippen LogP contribution in [0, 0.1) is 0 Å². The van der Waals surface area contributed by atoms with Crippen LogP contribution in [-0.4, -0.2) is 29.4 Å². The Bertz CT molecular complexity index is 1150. The molecule has 0 amide bonds. The molecule has 0 saturated carbocycles. The summed E-state index contributed by atoms with van der Waals surface area (Å²) in [5.74, 6) is 5.31. The fourth-order valence-electron chi connectivity index (χ4n) is 2.93. The monoisotopic (exact) mass is 430 g/mol. The van der Waals surface area contributed by atoms with Crippen molar-refractivity contribution in [2.75, 3.05) is 18.7 Å². The molecule has 0 saturated heterocycles. The van der Waals surface area contributed by atoms with Crippen molar-refractivity contribution in [2.45, 2.75) is 13.5 Å². The van der Waals surface area contributed by atoms with Crippen LogP contribution in [0.25, 0.3) is 10.2 Å². The van der Waals surface area contributed by atoms with E-state index in [9.17, 15) is 14.7 Å². The summed E-state index contributed by atoms with van der Waals surface area (Å²) in [5.41, 5.74) is 6.63. The number of benzene rings is 1. The molecule has 30 heavy (non-hydrogen) atoms. The minimum Gasteiger partial charge on any atom is -0.502 e.